The van der Waals surface area contributed by atoms with E-state index in [9.17, 15) is 4.79 Å². The summed E-state index contributed by atoms with van der Waals surface area (Å²) >= 11 is 7.09. The van der Waals surface area contributed by atoms with Crippen molar-refractivity contribution in [2.75, 3.05) is 6.61 Å². The molecule has 4 nitrogen and oxygen atoms in total. The third-order valence-corrected chi connectivity index (χ3v) is 3.53. The number of thiazole rings is 1. The summed E-state index contributed by atoms with van der Waals surface area (Å²) in [6.07, 6.45) is 1.92. The highest BCUT2D eigenvalue weighted by Gasteiger charge is 2.08. The molecule has 1 N–H and O–H groups in total. The maximum absolute atomic E-state index is 10.7. The summed E-state index contributed by atoms with van der Waals surface area (Å²) in [5.41, 5.74) is 0. The van der Waals surface area contributed by atoms with E-state index < -0.39 is 5.97 Å². The Morgan fingerprint density at radius 3 is 2.89 bits per heavy atom. The van der Waals surface area contributed by atoms with Crippen molar-refractivity contribution in [1.29, 1.82) is 0 Å². The Hall–Kier alpha value is -1.59. The van der Waals surface area contributed by atoms with Crippen LogP contribution in [0.25, 0.3) is 0 Å². The van der Waals surface area contributed by atoms with Gasteiger partial charge in [0.15, 0.2) is 0 Å². The lowest BCUT2D eigenvalue weighted by Crippen LogP contribution is -2.01. The Bertz CT molecular complexity index is 556. The molecule has 0 radical (unpaired) electrons. The van der Waals surface area contributed by atoms with Crippen molar-refractivity contribution < 1.29 is 14.6 Å². The molecule has 2 rings (SSSR count). The summed E-state index contributed by atoms with van der Waals surface area (Å²) in [5, 5.41) is 10.1. The summed E-state index contributed by atoms with van der Waals surface area (Å²) in [4.78, 5) is 14.9. The van der Waals surface area contributed by atoms with Gasteiger partial charge in [-0.1, -0.05) is 23.7 Å². The summed E-state index contributed by atoms with van der Waals surface area (Å²) < 4.78 is 5.50. The van der Waals surface area contributed by atoms with Gasteiger partial charge in [-0.2, -0.15) is 0 Å². The van der Waals surface area contributed by atoms with E-state index in [0.29, 0.717) is 23.8 Å². The Morgan fingerprint density at radius 1 is 1.44 bits per heavy atom. The van der Waals surface area contributed by atoms with Crippen molar-refractivity contribution in [2.45, 2.75) is 6.42 Å². The van der Waals surface area contributed by atoms with Crippen molar-refractivity contribution in [3.05, 3.63) is 45.4 Å². The number of hydrogen-bond donors (Lipinski definition) is 1. The van der Waals surface area contributed by atoms with Gasteiger partial charge in [-0.05, 0) is 12.1 Å². The van der Waals surface area contributed by atoms with Crippen molar-refractivity contribution in [3.8, 4) is 5.75 Å². The third-order valence-electron chi connectivity index (χ3n) is 2.17. The minimum atomic E-state index is -0.953. The molecule has 18 heavy (non-hydrogen) atoms. The van der Waals surface area contributed by atoms with Crippen molar-refractivity contribution in [1.82, 2.24) is 4.98 Å². The number of aromatic nitrogens is 1. The van der Waals surface area contributed by atoms with Crippen LogP contribution in [0.2, 0.25) is 5.02 Å². The minimum absolute atomic E-state index is 0.239. The molecule has 0 aliphatic heterocycles. The number of carboxylic acid groups (broad SMARTS) is 1. The lowest BCUT2D eigenvalue weighted by Gasteiger charge is -2.05. The van der Waals surface area contributed by atoms with Crippen LogP contribution in [0.3, 0.4) is 0 Å². The van der Waals surface area contributed by atoms with Gasteiger partial charge in [0.05, 0.1) is 22.8 Å². The predicted molar refractivity (Wildman–Crippen MR) is 69.7 cm³/mol. The Balaban J connectivity index is 1.88. The second kappa shape index (κ2) is 5.84. The highest BCUT2D eigenvalue weighted by atomic mass is 35.5. The fraction of sp³-hybridized carbons (Fsp3) is 0.167. The zero-order valence-corrected chi connectivity index (χ0v) is 10.9. The zero-order chi connectivity index (χ0) is 13.0. The smallest absolute Gasteiger partial charge is 0.347 e. The molecule has 1 aromatic carbocycles. The number of rotatable bonds is 5. The van der Waals surface area contributed by atoms with E-state index in [1.54, 1.807) is 12.1 Å². The van der Waals surface area contributed by atoms with Crippen LogP contribution in [0, 0.1) is 0 Å². The number of benzene rings is 1. The van der Waals surface area contributed by atoms with E-state index in [-0.39, 0.29) is 4.88 Å². The SMILES string of the molecule is O=C(O)c1cnc(CCOc2ccccc2Cl)s1. The normalized spacial score (nSPS) is 10.3. The molecule has 0 amide bonds. The molecule has 0 spiro atoms. The maximum Gasteiger partial charge on any atom is 0.347 e. The Morgan fingerprint density at radius 2 is 2.22 bits per heavy atom. The Labute approximate surface area is 113 Å². The van der Waals surface area contributed by atoms with Crippen LogP contribution in [-0.2, 0) is 6.42 Å². The molecule has 0 bridgehead atoms. The fourth-order valence-corrected chi connectivity index (χ4v) is 2.26. The summed E-state index contributed by atoms with van der Waals surface area (Å²) in [7, 11) is 0. The quantitative estimate of drug-likeness (QED) is 0.916. The van der Waals surface area contributed by atoms with E-state index in [0.717, 1.165) is 16.3 Å². The minimum Gasteiger partial charge on any atom is -0.492 e. The number of halogens is 1. The molecule has 0 fully saturated rings. The molecular weight excluding hydrogens is 274 g/mol. The first-order valence-corrected chi connectivity index (χ1v) is 6.41. The van der Waals surface area contributed by atoms with Crippen LogP contribution in [-0.4, -0.2) is 22.7 Å². The van der Waals surface area contributed by atoms with Gasteiger partial charge in [-0.15, -0.1) is 11.3 Å². The Kier molecular flexibility index (Phi) is 4.17. The van der Waals surface area contributed by atoms with Crippen molar-refractivity contribution in [2.24, 2.45) is 0 Å². The van der Waals surface area contributed by atoms with Gasteiger partial charge in [0.25, 0.3) is 0 Å². The molecule has 0 aliphatic carbocycles. The van der Waals surface area contributed by atoms with Gasteiger partial charge in [-0.25, -0.2) is 9.78 Å². The average molecular weight is 284 g/mol. The van der Waals surface area contributed by atoms with E-state index in [4.69, 9.17) is 21.4 Å². The van der Waals surface area contributed by atoms with Crippen molar-refractivity contribution in [3.63, 3.8) is 0 Å². The first-order valence-electron chi connectivity index (χ1n) is 5.22. The second-order valence-corrected chi connectivity index (χ2v) is 4.97. The van der Waals surface area contributed by atoms with Crippen LogP contribution >= 0.6 is 22.9 Å². The van der Waals surface area contributed by atoms with E-state index >= 15 is 0 Å². The summed E-state index contributed by atoms with van der Waals surface area (Å²) in [6, 6.07) is 7.21. The van der Waals surface area contributed by atoms with Crippen LogP contribution < -0.4 is 4.74 Å². The standard InChI is InChI=1S/C12H10ClNO3S/c13-8-3-1-2-4-9(8)17-6-5-11-14-7-10(18-11)12(15)16/h1-4,7H,5-6H2,(H,15,16). The van der Waals surface area contributed by atoms with Gasteiger partial charge in [0.2, 0.25) is 0 Å². The van der Waals surface area contributed by atoms with Crippen LogP contribution in [0.15, 0.2) is 30.5 Å². The molecule has 0 unspecified atom stereocenters. The van der Waals surface area contributed by atoms with Crippen LogP contribution in [0.5, 0.6) is 5.75 Å². The van der Waals surface area contributed by atoms with Gasteiger partial charge < -0.3 is 9.84 Å². The summed E-state index contributed by atoms with van der Waals surface area (Å²) in [6.45, 7) is 0.413. The van der Waals surface area contributed by atoms with E-state index in [1.807, 2.05) is 12.1 Å². The molecule has 1 heterocycles. The topological polar surface area (TPSA) is 59.4 Å². The summed E-state index contributed by atoms with van der Waals surface area (Å²) in [5.74, 6) is -0.333. The molecule has 2 aromatic rings. The molecule has 0 saturated heterocycles. The maximum atomic E-state index is 10.7. The molecule has 1 aromatic heterocycles. The molecule has 0 atom stereocenters. The molecule has 0 saturated carbocycles. The van der Waals surface area contributed by atoms with Gasteiger partial charge in [-0.3, -0.25) is 0 Å². The molecule has 6 heteroatoms. The van der Waals surface area contributed by atoms with Crippen LogP contribution in [0.4, 0.5) is 0 Å². The number of aromatic carboxylic acids is 1. The fourth-order valence-electron chi connectivity index (χ4n) is 1.33. The number of nitrogens with zero attached hydrogens (tertiary/aromatic N) is 1. The second-order valence-electron chi connectivity index (χ2n) is 3.45. The average Bonchev–Trinajstić information content (AvgIpc) is 2.80. The van der Waals surface area contributed by atoms with Gasteiger partial charge in [0, 0.05) is 6.42 Å². The molecular formula is C12H10ClNO3S. The lowest BCUT2D eigenvalue weighted by molar-refractivity contribution is 0.0702. The van der Waals surface area contributed by atoms with E-state index in [2.05, 4.69) is 4.98 Å². The van der Waals surface area contributed by atoms with Crippen molar-refractivity contribution >= 4 is 28.9 Å². The number of para-hydroxylation sites is 1. The first kappa shape index (κ1) is 12.9. The van der Waals surface area contributed by atoms with Gasteiger partial charge in [0.1, 0.15) is 10.6 Å². The monoisotopic (exact) mass is 283 g/mol. The number of carbonyl (C=O) groups is 1. The highest BCUT2D eigenvalue weighted by Crippen LogP contribution is 2.23. The van der Waals surface area contributed by atoms with E-state index in [1.165, 1.54) is 6.20 Å². The lowest BCUT2D eigenvalue weighted by atomic mass is 10.3. The number of ether oxygens (including phenoxy) is 1. The number of hydrogen-bond acceptors (Lipinski definition) is 4. The first-order chi connectivity index (χ1) is 8.66. The molecule has 0 aliphatic rings. The van der Waals surface area contributed by atoms with Crippen LogP contribution in [0.1, 0.15) is 14.7 Å². The highest BCUT2D eigenvalue weighted by molar-refractivity contribution is 7.13. The largest absolute Gasteiger partial charge is 0.492 e. The molecule has 94 valence electrons. The predicted octanol–water partition coefficient (Wildman–Crippen LogP) is 3.12. The number of carboxylic acids is 1. The third kappa shape index (κ3) is 3.21. The zero-order valence-electron chi connectivity index (χ0n) is 9.30. The van der Waals surface area contributed by atoms with Gasteiger partial charge >= 0.3 is 5.97 Å².